The van der Waals surface area contributed by atoms with E-state index in [9.17, 15) is 4.39 Å². The predicted octanol–water partition coefficient (Wildman–Crippen LogP) is 4.02. The molecule has 2 nitrogen and oxygen atoms in total. The largest absolute Gasteiger partial charge is 0.303 e. The fourth-order valence-electron chi connectivity index (χ4n) is 2.14. The Balaban J connectivity index is 1.84. The number of aryl methyl sites for hydroxylation is 2. The summed E-state index contributed by atoms with van der Waals surface area (Å²) in [4.78, 5) is 4.53. The van der Waals surface area contributed by atoms with Crippen molar-refractivity contribution in [2.45, 2.75) is 12.8 Å². The summed E-state index contributed by atoms with van der Waals surface area (Å²) < 4.78 is 15.8. The molecule has 0 spiro atoms. The molecule has 0 saturated heterocycles. The summed E-state index contributed by atoms with van der Waals surface area (Å²) in [6.07, 6.45) is 3.68. The molecule has 0 saturated carbocycles. The second-order valence-corrected chi connectivity index (χ2v) is 5.15. The van der Waals surface area contributed by atoms with Gasteiger partial charge in [-0.1, -0.05) is 18.2 Å². The van der Waals surface area contributed by atoms with E-state index in [1.165, 1.54) is 12.1 Å². The molecule has 0 N–H and O–H groups in total. The molecule has 0 atom stereocenters. The Labute approximate surface area is 119 Å². The summed E-state index contributed by atoms with van der Waals surface area (Å²) in [6.45, 7) is 0. The molecule has 2 heterocycles. The first-order chi connectivity index (χ1) is 9.24. The van der Waals surface area contributed by atoms with Gasteiger partial charge in [-0.3, -0.25) is 0 Å². The zero-order valence-corrected chi connectivity index (χ0v) is 11.8. The van der Waals surface area contributed by atoms with E-state index in [0.717, 1.165) is 34.3 Å². The highest BCUT2D eigenvalue weighted by molar-refractivity contribution is 9.10. The molecule has 1 aromatic carbocycles. The second-order valence-electron chi connectivity index (χ2n) is 4.40. The number of aromatic nitrogens is 2. The van der Waals surface area contributed by atoms with E-state index in [-0.39, 0.29) is 5.82 Å². The van der Waals surface area contributed by atoms with Crippen molar-refractivity contribution in [1.82, 2.24) is 9.38 Å². The van der Waals surface area contributed by atoms with Crippen LogP contribution in [0.25, 0.3) is 5.52 Å². The van der Waals surface area contributed by atoms with Gasteiger partial charge in [0.1, 0.15) is 16.2 Å². The molecule has 19 heavy (non-hydrogen) atoms. The Morgan fingerprint density at radius 2 is 1.84 bits per heavy atom. The Kier molecular flexibility index (Phi) is 3.34. The highest BCUT2D eigenvalue weighted by Crippen LogP contribution is 2.19. The van der Waals surface area contributed by atoms with E-state index in [4.69, 9.17) is 0 Å². The van der Waals surface area contributed by atoms with E-state index < -0.39 is 0 Å². The first-order valence-electron chi connectivity index (χ1n) is 6.10. The van der Waals surface area contributed by atoms with Crippen LogP contribution in [0.4, 0.5) is 4.39 Å². The molecule has 3 rings (SSSR count). The van der Waals surface area contributed by atoms with E-state index >= 15 is 0 Å². The minimum Gasteiger partial charge on any atom is -0.303 e. The van der Waals surface area contributed by atoms with Gasteiger partial charge < -0.3 is 4.40 Å². The molecule has 0 aliphatic carbocycles. The van der Waals surface area contributed by atoms with Crippen molar-refractivity contribution in [3.63, 3.8) is 0 Å². The highest BCUT2D eigenvalue weighted by Gasteiger charge is 2.08. The zero-order chi connectivity index (χ0) is 13.2. The van der Waals surface area contributed by atoms with Crippen LogP contribution in [-0.2, 0) is 12.8 Å². The maximum Gasteiger partial charge on any atom is 0.132 e. The number of rotatable bonds is 3. The Morgan fingerprint density at radius 1 is 1.05 bits per heavy atom. The molecule has 4 heteroatoms. The van der Waals surface area contributed by atoms with Gasteiger partial charge >= 0.3 is 0 Å². The third kappa shape index (κ3) is 2.54. The average Bonchev–Trinajstić information content (AvgIpc) is 2.76. The Bertz CT molecular complexity index is 704. The normalized spacial score (nSPS) is 11.1. The van der Waals surface area contributed by atoms with Crippen molar-refractivity contribution in [1.29, 1.82) is 0 Å². The van der Waals surface area contributed by atoms with E-state index in [0.29, 0.717) is 0 Å². The Morgan fingerprint density at radius 3 is 2.63 bits per heavy atom. The summed E-state index contributed by atoms with van der Waals surface area (Å²) in [5.41, 5.74) is 2.18. The van der Waals surface area contributed by atoms with Crippen LogP contribution in [0.1, 0.15) is 11.4 Å². The maximum absolute atomic E-state index is 12.8. The van der Waals surface area contributed by atoms with Gasteiger partial charge in [0.2, 0.25) is 0 Å². The highest BCUT2D eigenvalue weighted by atomic mass is 79.9. The van der Waals surface area contributed by atoms with Crippen LogP contribution < -0.4 is 0 Å². The van der Waals surface area contributed by atoms with Gasteiger partial charge in [0.25, 0.3) is 0 Å². The standard InChI is InChI=1S/C15H12BrFN2/c16-15-13-3-1-2-10-19(13)14(18-15)9-6-11-4-7-12(17)8-5-11/h1-5,7-8,10H,6,9H2. The summed E-state index contributed by atoms with van der Waals surface area (Å²) in [7, 11) is 0. The van der Waals surface area contributed by atoms with Gasteiger partial charge in [-0.05, 0) is 52.2 Å². The summed E-state index contributed by atoms with van der Waals surface area (Å²) >= 11 is 3.47. The number of hydrogen-bond donors (Lipinski definition) is 0. The monoisotopic (exact) mass is 318 g/mol. The molecule has 2 aromatic heterocycles. The van der Waals surface area contributed by atoms with Crippen molar-refractivity contribution in [3.8, 4) is 0 Å². The van der Waals surface area contributed by atoms with E-state index in [1.807, 2.05) is 36.5 Å². The van der Waals surface area contributed by atoms with Crippen LogP contribution in [0.15, 0.2) is 53.3 Å². The number of halogens is 2. The topological polar surface area (TPSA) is 17.3 Å². The van der Waals surface area contributed by atoms with Gasteiger partial charge in [-0.15, -0.1) is 0 Å². The van der Waals surface area contributed by atoms with Crippen molar-refractivity contribution < 1.29 is 4.39 Å². The molecule has 0 radical (unpaired) electrons. The molecule has 0 bridgehead atoms. The summed E-state index contributed by atoms with van der Waals surface area (Å²) in [5.74, 6) is 0.810. The first kappa shape index (κ1) is 12.4. The number of fused-ring (bicyclic) bond motifs is 1. The van der Waals surface area contributed by atoms with Crippen LogP contribution in [0.3, 0.4) is 0 Å². The number of benzene rings is 1. The molecular weight excluding hydrogens is 307 g/mol. The number of hydrogen-bond acceptors (Lipinski definition) is 1. The lowest BCUT2D eigenvalue weighted by Crippen LogP contribution is -1.97. The maximum atomic E-state index is 12.8. The first-order valence-corrected chi connectivity index (χ1v) is 6.89. The van der Waals surface area contributed by atoms with Gasteiger partial charge in [0.05, 0.1) is 5.52 Å². The third-order valence-electron chi connectivity index (χ3n) is 3.13. The molecule has 0 aliphatic rings. The van der Waals surface area contributed by atoms with Crippen LogP contribution in [0.2, 0.25) is 0 Å². The Hall–Kier alpha value is -1.68. The van der Waals surface area contributed by atoms with Crippen LogP contribution in [0, 0.1) is 5.82 Å². The number of imidazole rings is 1. The zero-order valence-electron chi connectivity index (χ0n) is 10.2. The van der Waals surface area contributed by atoms with E-state index in [1.54, 1.807) is 0 Å². The van der Waals surface area contributed by atoms with Crippen molar-refractivity contribution >= 4 is 21.4 Å². The van der Waals surface area contributed by atoms with Crippen LogP contribution in [-0.4, -0.2) is 9.38 Å². The molecule has 0 unspecified atom stereocenters. The van der Waals surface area contributed by atoms with Crippen molar-refractivity contribution in [2.24, 2.45) is 0 Å². The molecule has 0 amide bonds. The van der Waals surface area contributed by atoms with Crippen molar-refractivity contribution in [3.05, 3.63) is 70.5 Å². The fourth-order valence-corrected chi connectivity index (χ4v) is 2.67. The summed E-state index contributed by atoms with van der Waals surface area (Å²) in [6, 6.07) is 12.6. The molecule has 3 aromatic rings. The molecular formula is C15H12BrFN2. The molecule has 96 valence electrons. The van der Waals surface area contributed by atoms with Crippen molar-refractivity contribution in [2.75, 3.05) is 0 Å². The van der Waals surface area contributed by atoms with Gasteiger partial charge in [-0.25, -0.2) is 9.37 Å². The SMILES string of the molecule is Fc1ccc(CCc2nc(Br)c3ccccn23)cc1. The third-order valence-corrected chi connectivity index (χ3v) is 3.71. The number of nitrogens with zero attached hydrogens (tertiary/aromatic N) is 2. The minimum atomic E-state index is -0.197. The lowest BCUT2D eigenvalue weighted by molar-refractivity contribution is 0.627. The minimum absolute atomic E-state index is 0.197. The van der Waals surface area contributed by atoms with Gasteiger partial charge in [-0.2, -0.15) is 0 Å². The van der Waals surface area contributed by atoms with Crippen LogP contribution in [0.5, 0.6) is 0 Å². The van der Waals surface area contributed by atoms with Crippen LogP contribution >= 0.6 is 15.9 Å². The summed E-state index contributed by atoms with van der Waals surface area (Å²) in [5, 5.41) is 0. The second kappa shape index (κ2) is 5.13. The number of pyridine rings is 1. The lowest BCUT2D eigenvalue weighted by atomic mass is 10.1. The lowest BCUT2D eigenvalue weighted by Gasteiger charge is -2.02. The molecule has 0 fully saturated rings. The van der Waals surface area contributed by atoms with Gasteiger partial charge in [0, 0.05) is 12.6 Å². The predicted molar refractivity (Wildman–Crippen MR) is 76.7 cm³/mol. The molecule has 0 aliphatic heterocycles. The van der Waals surface area contributed by atoms with Gasteiger partial charge in [0.15, 0.2) is 0 Å². The fraction of sp³-hybridized carbons (Fsp3) is 0.133. The quantitative estimate of drug-likeness (QED) is 0.713. The average molecular weight is 319 g/mol. The smallest absolute Gasteiger partial charge is 0.132 e. The van der Waals surface area contributed by atoms with E-state index in [2.05, 4.69) is 25.3 Å².